The molecule has 0 spiro atoms. The van der Waals surface area contributed by atoms with Gasteiger partial charge in [0.05, 0.1) is 12.7 Å². The van der Waals surface area contributed by atoms with Crippen molar-refractivity contribution < 1.29 is 22.6 Å². The predicted molar refractivity (Wildman–Crippen MR) is 158 cm³/mol. The van der Waals surface area contributed by atoms with Crippen LogP contribution in [0.25, 0.3) is 23.3 Å². The van der Waals surface area contributed by atoms with Gasteiger partial charge in [-0.15, -0.1) is 6.58 Å². The summed E-state index contributed by atoms with van der Waals surface area (Å²) in [6.07, 6.45) is 12.8. The molecule has 2 nitrogen and oxygen atoms in total. The van der Waals surface area contributed by atoms with Gasteiger partial charge in [0, 0.05) is 12.2 Å². The van der Waals surface area contributed by atoms with Crippen LogP contribution in [0.2, 0.25) is 0 Å². The maximum atomic E-state index is 15.2. The summed E-state index contributed by atoms with van der Waals surface area (Å²) < 4.78 is 56.1. The van der Waals surface area contributed by atoms with Crippen LogP contribution in [0.5, 0.6) is 5.75 Å². The fourth-order valence-electron chi connectivity index (χ4n) is 5.15. The molecule has 0 N–H and O–H groups in total. The van der Waals surface area contributed by atoms with Gasteiger partial charge >= 0.3 is 0 Å². The fourth-order valence-corrected chi connectivity index (χ4v) is 5.15. The lowest BCUT2D eigenvalue weighted by atomic mass is 9.82. The Balaban J connectivity index is 1.37. The minimum absolute atomic E-state index is 0.0183. The summed E-state index contributed by atoms with van der Waals surface area (Å²) in [6, 6.07) is 15.5. The third-order valence-corrected chi connectivity index (χ3v) is 7.53. The van der Waals surface area contributed by atoms with Crippen LogP contribution in [0.15, 0.2) is 67.3 Å². The topological polar surface area (TPSA) is 18.5 Å². The van der Waals surface area contributed by atoms with Crippen LogP contribution in [-0.2, 0) is 4.74 Å². The van der Waals surface area contributed by atoms with Crippen molar-refractivity contribution in [3.63, 3.8) is 0 Å². The van der Waals surface area contributed by atoms with Gasteiger partial charge < -0.3 is 9.47 Å². The molecule has 0 bridgehead atoms. The third-order valence-electron chi connectivity index (χ3n) is 7.53. The summed E-state index contributed by atoms with van der Waals surface area (Å²) in [5.74, 6) is -1.71. The van der Waals surface area contributed by atoms with Crippen LogP contribution in [0.4, 0.5) is 13.2 Å². The highest BCUT2D eigenvalue weighted by Gasteiger charge is 2.27. The molecule has 3 aromatic carbocycles. The molecular weight excluding hydrogens is 509 g/mol. The van der Waals surface area contributed by atoms with E-state index in [1.54, 1.807) is 42.5 Å². The van der Waals surface area contributed by atoms with Crippen LogP contribution in [0, 0.1) is 17.5 Å². The average Bonchev–Trinajstić information content (AvgIpc) is 2.97. The van der Waals surface area contributed by atoms with Crippen molar-refractivity contribution in [3.05, 3.63) is 101 Å². The molecule has 0 heterocycles. The number of unbranched alkanes of at least 4 members (excludes halogenated alkanes) is 2. The highest BCUT2D eigenvalue weighted by molar-refractivity contribution is 5.72. The first-order valence-corrected chi connectivity index (χ1v) is 14.4. The Morgan fingerprint density at radius 2 is 1.55 bits per heavy atom. The number of benzene rings is 3. The predicted octanol–water partition coefficient (Wildman–Crippen LogP) is 10.1. The quantitative estimate of drug-likeness (QED) is 0.120. The largest absolute Gasteiger partial charge is 0.491 e. The number of hydrogen-bond donors (Lipinski definition) is 0. The summed E-state index contributed by atoms with van der Waals surface area (Å²) in [7, 11) is 0. The summed E-state index contributed by atoms with van der Waals surface area (Å²) in [5, 5.41) is 0. The summed E-state index contributed by atoms with van der Waals surface area (Å²) in [5.41, 5.74) is 2.89. The lowest BCUT2D eigenvalue weighted by Gasteiger charge is -2.29. The molecular formula is C35H39F3O2. The normalized spacial score (nSPS) is 17.3. The lowest BCUT2D eigenvalue weighted by molar-refractivity contribution is 0.0230. The zero-order valence-electron chi connectivity index (χ0n) is 23.3. The van der Waals surface area contributed by atoms with E-state index in [9.17, 15) is 4.39 Å². The molecule has 1 aliphatic rings. The zero-order valence-corrected chi connectivity index (χ0v) is 23.3. The van der Waals surface area contributed by atoms with E-state index < -0.39 is 17.5 Å². The second-order valence-corrected chi connectivity index (χ2v) is 10.5. The van der Waals surface area contributed by atoms with Gasteiger partial charge in [-0.3, -0.25) is 0 Å². The van der Waals surface area contributed by atoms with Gasteiger partial charge in [-0.25, -0.2) is 13.2 Å². The molecule has 5 heteroatoms. The van der Waals surface area contributed by atoms with Gasteiger partial charge in [0.2, 0.25) is 0 Å². The molecule has 0 aliphatic heterocycles. The zero-order chi connectivity index (χ0) is 28.3. The summed E-state index contributed by atoms with van der Waals surface area (Å²) in [6.45, 7) is 7.02. The van der Waals surface area contributed by atoms with Gasteiger partial charge in [0.1, 0.15) is 0 Å². The second kappa shape index (κ2) is 14.9. The Morgan fingerprint density at radius 3 is 2.25 bits per heavy atom. The van der Waals surface area contributed by atoms with Crippen LogP contribution in [0.3, 0.4) is 0 Å². The van der Waals surface area contributed by atoms with E-state index in [0.29, 0.717) is 23.3 Å². The van der Waals surface area contributed by atoms with Crippen LogP contribution >= 0.6 is 0 Å². The van der Waals surface area contributed by atoms with Crippen LogP contribution < -0.4 is 4.74 Å². The lowest BCUT2D eigenvalue weighted by Crippen LogP contribution is -2.22. The number of hydrogen-bond acceptors (Lipinski definition) is 2. The van der Waals surface area contributed by atoms with Crippen molar-refractivity contribution in [1.29, 1.82) is 0 Å². The van der Waals surface area contributed by atoms with Crippen molar-refractivity contribution in [2.45, 2.75) is 70.3 Å². The Hall–Kier alpha value is -3.31. The minimum Gasteiger partial charge on any atom is -0.491 e. The first-order chi connectivity index (χ1) is 19.5. The molecule has 4 rings (SSSR count). The SMILES string of the molecule is C=CCCCOc1ccc(/C=C/c2ccc(-c3ccc(C4CCC(OCCCC)CC4)c(F)c3F)cc2)cc1F. The first kappa shape index (κ1) is 29.7. The van der Waals surface area contributed by atoms with Crippen LogP contribution in [0.1, 0.15) is 80.9 Å². The standard InChI is InChI=1S/C35H39F3O2/c1-3-5-7-23-40-33-21-12-26(24-32(33)36)9-8-25-10-13-27(14-11-25)30-19-20-31(35(38)34(30)37)28-15-17-29(18-16-28)39-22-6-4-2/h3,8-14,19-21,24,28-29H,1,4-7,15-18,22-23H2,2H3/b9-8+. The number of ether oxygens (including phenoxy) is 2. The Morgan fingerprint density at radius 1 is 0.825 bits per heavy atom. The molecule has 212 valence electrons. The summed E-state index contributed by atoms with van der Waals surface area (Å²) in [4.78, 5) is 0. The number of halogens is 3. The first-order valence-electron chi connectivity index (χ1n) is 14.4. The van der Waals surface area contributed by atoms with Gasteiger partial charge in [-0.1, -0.05) is 74.0 Å². The molecule has 0 aromatic heterocycles. The molecule has 0 radical (unpaired) electrons. The number of allylic oxidation sites excluding steroid dienone is 1. The Labute approximate surface area is 236 Å². The molecule has 0 unspecified atom stereocenters. The van der Waals surface area contributed by atoms with Gasteiger partial charge in [0.25, 0.3) is 0 Å². The van der Waals surface area contributed by atoms with Gasteiger partial charge in [0.15, 0.2) is 23.2 Å². The second-order valence-electron chi connectivity index (χ2n) is 10.5. The third kappa shape index (κ3) is 7.88. The maximum absolute atomic E-state index is 15.2. The molecule has 1 saturated carbocycles. The highest BCUT2D eigenvalue weighted by Crippen LogP contribution is 2.38. The van der Waals surface area contributed by atoms with E-state index in [1.807, 2.05) is 24.3 Å². The monoisotopic (exact) mass is 548 g/mol. The number of rotatable bonds is 13. The van der Waals surface area contributed by atoms with E-state index in [-0.39, 0.29) is 23.3 Å². The van der Waals surface area contributed by atoms with Crippen molar-refractivity contribution >= 4 is 12.2 Å². The van der Waals surface area contributed by atoms with E-state index >= 15 is 8.78 Å². The molecule has 0 atom stereocenters. The molecule has 40 heavy (non-hydrogen) atoms. The maximum Gasteiger partial charge on any atom is 0.166 e. The van der Waals surface area contributed by atoms with Gasteiger partial charge in [-0.2, -0.15) is 0 Å². The minimum atomic E-state index is -0.801. The van der Waals surface area contributed by atoms with Crippen molar-refractivity contribution in [2.75, 3.05) is 13.2 Å². The average molecular weight is 549 g/mol. The van der Waals surface area contributed by atoms with E-state index in [0.717, 1.165) is 63.5 Å². The van der Waals surface area contributed by atoms with Crippen molar-refractivity contribution in [1.82, 2.24) is 0 Å². The van der Waals surface area contributed by atoms with Crippen LogP contribution in [-0.4, -0.2) is 19.3 Å². The molecule has 0 saturated heterocycles. The van der Waals surface area contributed by atoms with Crippen molar-refractivity contribution in [2.24, 2.45) is 0 Å². The van der Waals surface area contributed by atoms with Gasteiger partial charge in [-0.05, 0) is 85.3 Å². The highest BCUT2D eigenvalue weighted by atomic mass is 19.2. The van der Waals surface area contributed by atoms with Crippen molar-refractivity contribution in [3.8, 4) is 16.9 Å². The van der Waals surface area contributed by atoms with E-state index in [1.165, 1.54) is 6.07 Å². The van der Waals surface area contributed by atoms with E-state index in [2.05, 4.69) is 13.5 Å². The Bertz CT molecular complexity index is 1270. The fraction of sp³-hybridized carbons (Fsp3) is 0.371. The van der Waals surface area contributed by atoms with E-state index in [4.69, 9.17) is 9.47 Å². The molecule has 1 aliphatic carbocycles. The molecule has 3 aromatic rings. The Kier molecular flexibility index (Phi) is 11.1. The smallest absolute Gasteiger partial charge is 0.166 e. The molecule has 0 amide bonds. The summed E-state index contributed by atoms with van der Waals surface area (Å²) >= 11 is 0. The molecule has 1 fully saturated rings.